The molecule has 3 rings (SSSR count). The van der Waals surface area contributed by atoms with E-state index in [0.717, 1.165) is 10.6 Å². The van der Waals surface area contributed by atoms with Gasteiger partial charge in [-0.15, -0.1) is 0 Å². The lowest BCUT2D eigenvalue weighted by Crippen LogP contribution is -1.77. The first-order chi connectivity index (χ1) is 10.3. The van der Waals surface area contributed by atoms with E-state index in [0.29, 0.717) is 0 Å². The van der Waals surface area contributed by atoms with E-state index in [1.165, 1.54) is 16.3 Å². The van der Waals surface area contributed by atoms with E-state index < -0.39 is 0 Å². The molecule has 0 saturated heterocycles. The highest BCUT2D eigenvalue weighted by atomic mass is 35.5. The summed E-state index contributed by atoms with van der Waals surface area (Å²) in [4.78, 5) is 0. The molecule has 0 aliphatic carbocycles. The molecule has 0 bridgehead atoms. The zero-order valence-electron chi connectivity index (χ0n) is 11.5. The minimum Gasteiger partial charge on any atom is -0.0837 e. The number of fused-ring (bicyclic) bond motifs is 1. The standard InChI is InChI=1S/C20H15Cl/c21-20(18-9-2-1-3-10-18)15-7-13-17-12-6-11-16-8-4-5-14-19(16)17/h1-15H/b13-7+,20-15-. The number of hydrogen-bond donors (Lipinski definition) is 0. The van der Waals surface area contributed by atoms with Gasteiger partial charge in [0.15, 0.2) is 0 Å². The van der Waals surface area contributed by atoms with Crippen molar-refractivity contribution in [1.82, 2.24) is 0 Å². The van der Waals surface area contributed by atoms with Gasteiger partial charge in [-0.25, -0.2) is 0 Å². The Hall–Kier alpha value is -2.31. The lowest BCUT2D eigenvalue weighted by Gasteiger charge is -2.01. The van der Waals surface area contributed by atoms with Crippen molar-refractivity contribution in [3.63, 3.8) is 0 Å². The second kappa shape index (κ2) is 6.43. The first kappa shape index (κ1) is 13.7. The molecule has 0 amide bonds. The number of hydrogen-bond acceptors (Lipinski definition) is 0. The summed E-state index contributed by atoms with van der Waals surface area (Å²) in [5, 5.41) is 3.24. The molecule has 21 heavy (non-hydrogen) atoms. The van der Waals surface area contributed by atoms with Crippen LogP contribution < -0.4 is 0 Å². The summed E-state index contributed by atoms with van der Waals surface area (Å²) in [6, 6.07) is 24.7. The molecule has 102 valence electrons. The smallest absolute Gasteiger partial charge is 0.0478 e. The third-order valence-electron chi connectivity index (χ3n) is 3.39. The topological polar surface area (TPSA) is 0 Å². The third kappa shape index (κ3) is 3.24. The van der Waals surface area contributed by atoms with Crippen molar-refractivity contribution >= 4 is 33.5 Å². The Morgan fingerprint density at radius 2 is 1.48 bits per heavy atom. The number of benzene rings is 3. The Balaban J connectivity index is 1.89. The van der Waals surface area contributed by atoms with Crippen LogP contribution in [-0.4, -0.2) is 0 Å². The van der Waals surface area contributed by atoms with Gasteiger partial charge >= 0.3 is 0 Å². The fraction of sp³-hybridized carbons (Fsp3) is 0. The van der Waals surface area contributed by atoms with Crippen LogP contribution in [0.1, 0.15) is 11.1 Å². The molecule has 1 heteroatoms. The molecule has 0 aliphatic heterocycles. The number of allylic oxidation sites excluding steroid dienone is 2. The molecule has 0 aliphatic rings. The maximum atomic E-state index is 6.30. The van der Waals surface area contributed by atoms with Gasteiger partial charge in [0.2, 0.25) is 0 Å². The molecular formula is C20H15Cl. The summed E-state index contributed by atoms with van der Waals surface area (Å²) in [6.07, 6.45) is 6.02. The minimum absolute atomic E-state index is 0.743. The van der Waals surface area contributed by atoms with E-state index in [9.17, 15) is 0 Å². The molecule has 3 aromatic carbocycles. The molecule has 0 unspecified atom stereocenters. The van der Waals surface area contributed by atoms with Crippen molar-refractivity contribution in [3.05, 3.63) is 96.1 Å². The summed E-state index contributed by atoms with van der Waals surface area (Å²) in [7, 11) is 0. The SMILES string of the molecule is Cl/C(=C\C=C\c1cccc2ccccc12)c1ccccc1. The van der Waals surface area contributed by atoms with Crippen LogP contribution in [0.3, 0.4) is 0 Å². The average Bonchev–Trinajstić information content (AvgIpc) is 2.56. The van der Waals surface area contributed by atoms with Gasteiger partial charge in [-0.3, -0.25) is 0 Å². The van der Waals surface area contributed by atoms with Gasteiger partial charge in [-0.1, -0.05) is 96.5 Å². The highest BCUT2D eigenvalue weighted by Crippen LogP contribution is 2.21. The van der Waals surface area contributed by atoms with Gasteiger partial charge < -0.3 is 0 Å². The Labute approximate surface area is 130 Å². The molecule has 0 aromatic heterocycles. The average molecular weight is 291 g/mol. The van der Waals surface area contributed by atoms with E-state index in [4.69, 9.17) is 11.6 Å². The van der Waals surface area contributed by atoms with Gasteiger partial charge in [0.05, 0.1) is 0 Å². The minimum atomic E-state index is 0.743. The van der Waals surface area contributed by atoms with Gasteiger partial charge in [0.1, 0.15) is 0 Å². The van der Waals surface area contributed by atoms with Crippen molar-refractivity contribution in [2.24, 2.45) is 0 Å². The first-order valence-corrected chi connectivity index (χ1v) is 7.29. The molecule has 0 spiro atoms. The largest absolute Gasteiger partial charge is 0.0837 e. The Morgan fingerprint density at radius 3 is 2.33 bits per heavy atom. The maximum absolute atomic E-state index is 6.30. The predicted octanol–water partition coefficient (Wildman–Crippen LogP) is 6.13. The van der Waals surface area contributed by atoms with Crippen LogP contribution in [-0.2, 0) is 0 Å². The van der Waals surface area contributed by atoms with Crippen molar-refractivity contribution in [1.29, 1.82) is 0 Å². The van der Waals surface area contributed by atoms with Crippen LogP contribution in [0.2, 0.25) is 0 Å². The van der Waals surface area contributed by atoms with Crippen LogP contribution in [0, 0.1) is 0 Å². The lowest BCUT2D eigenvalue weighted by atomic mass is 10.0. The summed E-state index contributed by atoms with van der Waals surface area (Å²) < 4.78 is 0. The highest BCUT2D eigenvalue weighted by molar-refractivity contribution is 6.48. The van der Waals surface area contributed by atoms with Gasteiger partial charge in [0.25, 0.3) is 0 Å². The molecule has 0 nitrogen and oxygen atoms in total. The van der Waals surface area contributed by atoms with E-state index in [1.54, 1.807) is 0 Å². The fourth-order valence-corrected chi connectivity index (χ4v) is 2.52. The first-order valence-electron chi connectivity index (χ1n) is 6.92. The molecule has 0 fully saturated rings. The van der Waals surface area contributed by atoms with E-state index in [2.05, 4.69) is 48.5 Å². The normalized spacial score (nSPS) is 12.1. The van der Waals surface area contributed by atoms with Gasteiger partial charge in [-0.05, 0) is 28.0 Å². The quantitative estimate of drug-likeness (QED) is 0.509. The van der Waals surface area contributed by atoms with Crippen molar-refractivity contribution in [2.45, 2.75) is 0 Å². The molecule has 0 radical (unpaired) electrons. The van der Waals surface area contributed by atoms with Crippen molar-refractivity contribution in [3.8, 4) is 0 Å². The molecular weight excluding hydrogens is 276 g/mol. The van der Waals surface area contributed by atoms with Crippen LogP contribution >= 0.6 is 11.6 Å². The van der Waals surface area contributed by atoms with Gasteiger partial charge in [-0.2, -0.15) is 0 Å². The Kier molecular flexibility index (Phi) is 4.18. The summed E-state index contributed by atoms with van der Waals surface area (Å²) in [5.41, 5.74) is 2.23. The summed E-state index contributed by atoms with van der Waals surface area (Å²) >= 11 is 6.30. The molecule has 0 heterocycles. The molecule has 0 saturated carbocycles. The summed E-state index contributed by atoms with van der Waals surface area (Å²) in [5.74, 6) is 0. The number of halogens is 1. The van der Waals surface area contributed by atoms with E-state index in [-0.39, 0.29) is 0 Å². The third-order valence-corrected chi connectivity index (χ3v) is 3.74. The zero-order valence-corrected chi connectivity index (χ0v) is 12.3. The van der Waals surface area contributed by atoms with Crippen LogP contribution in [0.4, 0.5) is 0 Å². The molecule has 0 atom stereocenters. The maximum Gasteiger partial charge on any atom is 0.0478 e. The fourth-order valence-electron chi connectivity index (χ4n) is 2.33. The van der Waals surface area contributed by atoms with Crippen molar-refractivity contribution in [2.75, 3.05) is 0 Å². The Morgan fingerprint density at radius 1 is 0.762 bits per heavy atom. The van der Waals surface area contributed by atoms with Crippen LogP contribution in [0.5, 0.6) is 0 Å². The van der Waals surface area contributed by atoms with E-state index >= 15 is 0 Å². The Bertz CT molecular complexity index is 793. The monoisotopic (exact) mass is 290 g/mol. The predicted molar refractivity (Wildman–Crippen MR) is 93.3 cm³/mol. The second-order valence-electron chi connectivity index (χ2n) is 4.81. The highest BCUT2D eigenvalue weighted by Gasteiger charge is 1.96. The van der Waals surface area contributed by atoms with Crippen LogP contribution in [0.15, 0.2) is 84.9 Å². The summed E-state index contributed by atoms with van der Waals surface area (Å²) in [6.45, 7) is 0. The zero-order chi connectivity index (χ0) is 14.5. The van der Waals surface area contributed by atoms with Gasteiger partial charge in [0, 0.05) is 5.03 Å². The lowest BCUT2D eigenvalue weighted by molar-refractivity contribution is 1.65. The number of rotatable bonds is 3. The van der Waals surface area contributed by atoms with E-state index in [1.807, 2.05) is 42.5 Å². The molecule has 3 aromatic rings. The van der Waals surface area contributed by atoms with Crippen LogP contribution in [0.25, 0.3) is 21.9 Å². The molecule has 0 N–H and O–H groups in total. The second-order valence-corrected chi connectivity index (χ2v) is 5.22. The van der Waals surface area contributed by atoms with Crippen molar-refractivity contribution < 1.29 is 0 Å².